The Balaban J connectivity index is 1.50. The van der Waals surface area contributed by atoms with Crippen LogP contribution in [-0.4, -0.2) is 45.7 Å². The minimum atomic E-state index is 0.446. The Hall–Kier alpha value is -0.870. The van der Waals surface area contributed by atoms with Crippen LogP contribution in [-0.2, 0) is 6.54 Å². The summed E-state index contributed by atoms with van der Waals surface area (Å²) in [6, 6.07) is 0.675. The molecule has 0 aromatic carbocycles. The van der Waals surface area contributed by atoms with Crippen LogP contribution in [0.15, 0.2) is 18.7 Å². The molecule has 1 aliphatic carbocycles. The van der Waals surface area contributed by atoms with Gasteiger partial charge < -0.3 is 9.88 Å². The van der Waals surface area contributed by atoms with Crippen LogP contribution in [0, 0.1) is 0 Å². The molecule has 1 aromatic heterocycles. The Morgan fingerprint density at radius 1 is 1.32 bits per heavy atom. The first kappa shape index (κ1) is 13.1. The Labute approximate surface area is 116 Å². The van der Waals surface area contributed by atoms with Gasteiger partial charge in [-0.25, -0.2) is 4.98 Å². The van der Waals surface area contributed by atoms with E-state index in [0.717, 1.165) is 13.1 Å². The molecule has 1 N–H and O–H groups in total. The summed E-state index contributed by atoms with van der Waals surface area (Å²) in [6.07, 6.45) is 12.6. The molecule has 3 rings (SSSR count). The van der Waals surface area contributed by atoms with Crippen molar-refractivity contribution >= 4 is 0 Å². The van der Waals surface area contributed by atoms with Crippen LogP contribution in [0.1, 0.15) is 39.0 Å². The van der Waals surface area contributed by atoms with Gasteiger partial charge in [-0.1, -0.05) is 12.8 Å². The molecule has 106 valence electrons. The van der Waals surface area contributed by atoms with Gasteiger partial charge in [-0.2, -0.15) is 0 Å². The first-order valence-corrected chi connectivity index (χ1v) is 7.72. The first-order valence-electron chi connectivity index (χ1n) is 7.72. The second-order valence-corrected chi connectivity index (χ2v) is 6.34. The zero-order valence-electron chi connectivity index (χ0n) is 12.0. The lowest BCUT2D eigenvalue weighted by Crippen LogP contribution is -2.62. The second kappa shape index (κ2) is 5.63. The third kappa shape index (κ3) is 3.00. The Morgan fingerprint density at radius 3 is 2.89 bits per heavy atom. The average Bonchev–Trinajstić information content (AvgIpc) is 3.06. The largest absolute Gasteiger partial charge is 0.337 e. The van der Waals surface area contributed by atoms with Crippen molar-refractivity contribution in [2.45, 2.75) is 57.2 Å². The molecular weight excluding hydrogens is 236 g/mol. The van der Waals surface area contributed by atoms with Gasteiger partial charge >= 0.3 is 0 Å². The fourth-order valence-electron chi connectivity index (χ4n) is 3.66. The van der Waals surface area contributed by atoms with Gasteiger partial charge in [-0.3, -0.25) is 4.90 Å². The number of hydrogen-bond acceptors (Lipinski definition) is 3. The van der Waals surface area contributed by atoms with E-state index in [2.05, 4.69) is 32.9 Å². The number of piperazine rings is 1. The zero-order valence-corrected chi connectivity index (χ0v) is 12.0. The van der Waals surface area contributed by atoms with E-state index in [4.69, 9.17) is 0 Å². The van der Waals surface area contributed by atoms with E-state index < -0.39 is 0 Å². The zero-order chi connectivity index (χ0) is 13.1. The molecule has 1 aromatic rings. The molecule has 2 heterocycles. The lowest BCUT2D eigenvalue weighted by Gasteiger charge is -2.45. The molecular formula is C15H26N4. The van der Waals surface area contributed by atoms with Crippen molar-refractivity contribution in [2.75, 3.05) is 19.6 Å². The molecule has 1 unspecified atom stereocenters. The van der Waals surface area contributed by atoms with Crippen molar-refractivity contribution in [3.8, 4) is 0 Å². The van der Waals surface area contributed by atoms with E-state index in [1.165, 1.54) is 45.2 Å². The highest BCUT2D eigenvalue weighted by molar-refractivity contribution is 5.00. The van der Waals surface area contributed by atoms with Gasteiger partial charge in [-0.05, 0) is 26.2 Å². The third-order valence-corrected chi connectivity index (χ3v) is 4.88. The van der Waals surface area contributed by atoms with Crippen molar-refractivity contribution in [3.05, 3.63) is 18.7 Å². The summed E-state index contributed by atoms with van der Waals surface area (Å²) in [5, 5.41) is 3.82. The van der Waals surface area contributed by atoms with E-state index in [1.807, 2.05) is 12.5 Å². The van der Waals surface area contributed by atoms with Crippen LogP contribution < -0.4 is 5.32 Å². The smallest absolute Gasteiger partial charge is 0.0945 e. The number of nitrogens with zero attached hydrogens (tertiary/aromatic N) is 3. The first-order chi connectivity index (χ1) is 9.27. The number of nitrogens with one attached hydrogen (secondary N) is 1. The number of aryl methyl sites for hydroxylation is 1. The molecule has 1 saturated heterocycles. The summed E-state index contributed by atoms with van der Waals surface area (Å²) in [7, 11) is 0. The van der Waals surface area contributed by atoms with E-state index in [1.54, 1.807) is 0 Å². The lowest BCUT2D eigenvalue weighted by molar-refractivity contribution is 0.0870. The Kier molecular flexibility index (Phi) is 3.89. The average molecular weight is 262 g/mol. The van der Waals surface area contributed by atoms with Crippen molar-refractivity contribution in [1.82, 2.24) is 19.8 Å². The lowest BCUT2D eigenvalue weighted by atomic mass is 9.92. The van der Waals surface area contributed by atoms with E-state index in [9.17, 15) is 0 Å². The molecule has 1 saturated carbocycles. The maximum Gasteiger partial charge on any atom is 0.0945 e. The quantitative estimate of drug-likeness (QED) is 0.899. The number of hydrogen-bond donors (Lipinski definition) is 1. The van der Waals surface area contributed by atoms with Crippen LogP contribution in [0.2, 0.25) is 0 Å². The minimum Gasteiger partial charge on any atom is -0.337 e. The molecule has 4 heteroatoms. The van der Waals surface area contributed by atoms with Gasteiger partial charge in [0, 0.05) is 50.2 Å². The molecule has 0 amide bonds. The molecule has 0 bridgehead atoms. The van der Waals surface area contributed by atoms with E-state index >= 15 is 0 Å². The van der Waals surface area contributed by atoms with Gasteiger partial charge in [0.25, 0.3) is 0 Å². The molecule has 1 spiro atoms. The molecule has 19 heavy (non-hydrogen) atoms. The molecule has 2 aliphatic rings. The summed E-state index contributed by atoms with van der Waals surface area (Å²) in [4.78, 5) is 6.79. The predicted molar refractivity (Wildman–Crippen MR) is 77.1 cm³/mol. The van der Waals surface area contributed by atoms with Crippen molar-refractivity contribution in [1.29, 1.82) is 0 Å². The van der Waals surface area contributed by atoms with Crippen molar-refractivity contribution in [2.24, 2.45) is 0 Å². The summed E-state index contributed by atoms with van der Waals surface area (Å²) in [5.74, 6) is 0. The summed E-state index contributed by atoms with van der Waals surface area (Å²) >= 11 is 0. The maximum atomic E-state index is 4.10. The van der Waals surface area contributed by atoms with Crippen molar-refractivity contribution < 1.29 is 0 Å². The molecule has 1 atom stereocenters. The summed E-state index contributed by atoms with van der Waals surface area (Å²) in [5.41, 5.74) is 0.446. The second-order valence-electron chi connectivity index (χ2n) is 6.34. The topological polar surface area (TPSA) is 33.1 Å². The molecule has 2 fully saturated rings. The summed E-state index contributed by atoms with van der Waals surface area (Å²) < 4.78 is 2.18. The standard InChI is InChI=1S/C15H26N4/c1-14-11-17-15(5-2-3-6-15)12-19(14)9-4-8-18-10-7-16-13-18/h7,10,13-14,17H,2-6,8-9,11-12H2,1H3. The number of rotatable bonds is 4. The van der Waals surface area contributed by atoms with Crippen LogP contribution in [0.3, 0.4) is 0 Å². The Bertz CT molecular complexity index is 381. The SMILES string of the molecule is CC1CNC2(CCCC2)CN1CCCn1ccnc1. The van der Waals surface area contributed by atoms with Crippen LogP contribution >= 0.6 is 0 Å². The van der Waals surface area contributed by atoms with Gasteiger partial charge in [0.1, 0.15) is 0 Å². The number of imidazole rings is 1. The monoisotopic (exact) mass is 262 g/mol. The predicted octanol–water partition coefficient (Wildman–Crippen LogP) is 1.88. The van der Waals surface area contributed by atoms with Gasteiger partial charge in [0.05, 0.1) is 6.33 Å². The minimum absolute atomic E-state index is 0.446. The summed E-state index contributed by atoms with van der Waals surface area (Å²) in [6.45, 7) is 7.06. The molecule has 4 nitrogen and oxygen atoms in total. The fraction of sp³-hybridized carbons (Fsp3) is 0.800. The highest BCUT2D eigenvalue weighted by Crippen LogP contribution is 2.33. The van der Waals surface area contributed by atoms with Crippen LogP contribution in [0.4, 0.5) is 0 Å². The van der Waals surface area contributed by atoms with Gasteiger partial charge in [0.2, 0.25) is 0 Å². The van der Waals surface area contributed by atoms with Gasteiger partial charge in [0.15, 0.2) is 0 Å². The highest BCUT2D eigenvalue weighted by atomic mass is 15.3. The van der Waals surface area contributed by atoms with Crippen molar-refractivity contribution in [3.63, 3.8) is 0 Å². The molecule has 0 radical (unpaired) electrons. The fourth-order valence-corrected chi connectivity index (χ4v) is 3.66. The molecule has 1 aliphatic heterocycles. The highest BCUT2D eigenvalue weighted by Gasteiger charge is 2.39. The Morgan fingerprint density at radius 2 is 2.16 bits per heavy atom. The van der Waals surface area contributed by atoms with Crippen LogP contribution in [0.5, 0.6) is 0 Å². The maximum absolute atomic E-state index is 4.10. The third-order valence-electron chi connectivity index (χ3n) is 4.88. The van der Waals surface area contributed by atoms with Crippen LogP contribution in [0.25, 0.3) is 0 Å². The van der Waals surface area contributed by atoms with E-state index in [0.29, 0.717) is 11.6 Å². The normalized spacial score (nSPS) is 27.1. The van der Waals surface area contributed by atoms with Gasteiger partial charge in [-0.15, -0.1) is 0 Å². The number of aromatic nitrogens is 2. The van der Waals surface area contributed by atoms with E-state index in [-0.39, 0.29) is 0 Å².